The average molecular weight is 231 g/mol. The highest BCUT2D eigenvalue weighted by Crippen LogP contribution is 2.71. The zero-order chi connectivity index (χ0) is 12.3. The molecule has 3 rings (SSSR count). The fourth-order valence-corrected chi connectivity index (χ4v) is 4.47. The molecule has 17 heavy (non-hydrogen) atoms. The van der Waals surface area contributed by atoms with Crippen molar-refractivity contribution >= 4 is 0 Å². The van der Waals surface area contributed by atoms with Gasteiger partial charge in [-0.05, 0) is 37.3 Å². The Bertz CT molecular complexity index is 435. The third kappa shape index (κ3) is 1.12. The van der Waals surface area contributed by atoms with Gasteiger partial charge in [-0.3, -0.25) is 4.98 Å². The van der Waals surface area contributed by atoms with Gasteiger partial charge in [0.1, 0.15) is 5.60 Å². The highest BCUT2D eigenvalue weighted by molar-refractivity contribution is 5.28. The van der Waals surface area contributed by atoms with Crippen molar-refractivity contribution in [2.24, 2.45) is 16.7 Å². The topological polar surface area (TPSA) is 33.1 Å². The maximum absolute atomic E-state index is 11.4. The highest BCUT2D eigenvalue weighted by atomic mass is 16.3. The normalized spacial score (nSPS) is 42.9. The fourth-order valence-electron chi connectivity index (χ4n) is 4.47. The molecule has 2 fully saturated rings. The van der Waals surface area contributed by atoms with Crippen LogP contribution in [0.3, 0.4) is 0 Å². The molecule has 0 spiro atoms. The van der Waals surface area contributed by atoms with Crippen molar-refractivity contribution in [1.82, 2.24) is 4.98 Å². The van der Waals surface area contributed by atoms with E-state index in [2.05, 4.69) is 25.8 Å². The van der Waals surface area contributed by atoms with Crippen LogP contribution < -0.4 is 0 Å². The molecule has 1 aromatic heterocycles. The Balaban J connectivity index is 2.18. The molecule has 3 atom stereocenters. The molecular formula is C15H21NO. The quantitative estimate of drug-likeness (QED) is 0.805. The van der Waals surface area contributed by atoms with E-state index in [1.54, 1.807) is 6.20 Å². The predicted molar refractivity (Wildman–Crippen MR) is 67.4 cm³/mol. The van der Waals surface area contributed by atoms with Gasteiger partial charge in [-0.1, -0.05) is 26.8 Å². The van der Waals surface area contributed by atoms with Crippen LogP contribution in [0.4, 0.5) is 0 Å². The first-order valence-electron chi connectivity index (χ1n) is 6.56. The van der Waals surface area contributed by atoms with Gasteiger partial charge in [0, 0.05) is 17.0 Å². The van der Waals surface area contributed by atoms with Crippen molar-refractivity contribution in [3.05, 3.63) is 30.1 Å². The van der Waals surface area contributed by atoms with Crippen LogP contribution in [0.5, 0.6) is 0 Å². The summed E-state index contributed by atoms with van der Waals surface area (Å²) < 4.78 is 0. The number of hydrogen-bond donors (Lipinski definition) is 1. The monoisotopic (exact) mass is 231 g/mol. The largest absolute Gasteiger partial charge is 0.382 e. The first-order valence-corrected chi connectivity index (χ1v) is 6.56. The van der Waals surface area contributed by atoms with E-state index < -0.39 is 5.60 Å². The summed E-state index contributed by atoms with van der Waals surface area (Å²) in [6.07, 6.45) is 5.29. The number of aromatic nitrogens is 1. The van der Waals surface area contributed by atoms with E-state index >= 15 is 0 Å². The molecule has 1 N–H and O–H groups in total. The second-order valence-electron chi connectivity index (χ2n) is 6.65. The van der Waals surface area contributed by atoms with Gasteiger partial charge in [-0.15, -0.1) is 0 Å². The van der Waals surface area contributed by atoms with Gasteiger partial charge in [-0.2, -0.15) is 0 Å². The van der Waals surface area contributed by atoms with E-state index in [-0.39, 0.29) is 10.8 Å². The summed E-state index contributed by atoms with van der Waals surface area (Å²) in [6.45, 7) is 6.64. The van der Waals surface area contributed by atoms with E-state index in [1.165, 1.54) is 6.42 Å². The standard InChI is InChI=1S/C15H21NO/c1-13(2)11-7-8-14(3,10-11)15(13,17)12-6-4-5-9-16-12/h4-6,9,11,17H,7-8,10H2,1-3H3/t11-,14+,15-/m0/s1. The van der Waals surface area contributed by atoms with Crippen molar-refractivity contribution in [2.45, 2.75) is 45.6 Å². The van der Waals surface area contributed by atoms with Crippen LogP contribution in [0.15, 0.2) is 24.4 Å². The minimum Gasteiger partial charge on any atom is -0.382 e. The number of fused-ring (bicyclic) bond motifs is 2. The minimum absolute atomic E-state index is 0.00444. The van der Waals surface area contributed by atoms with Crippen LogP contribution in [0.25, 0.3) is 0 Å². The molecule has 0 amide bonds. The third-order valence-electron chi connectivity index (χ3n) is 5.60. The summed E-state index contributed by atoms with van der Waals surface area (Å²) in [5, 5.41) is 11.4. The van der Waals surface area contributed by atoms with Crippen molar-refractivity contribution in [3.63, 3.8) is 0 Å². The maximum atomic E-state index is 11.4. The third-order valence-corrected chi connectivity index (χ3v) is 5.60. The summed E-state index contributed by atoms with van der Waals surface area (Å²) in [5.74, 6) is 0.625. The Kier molecular flexibility index (Phi) is 2.05. The van der Waals surface area contributed by atoms with Crippen molar-refractivity contribution in [1.29, 1.82) is 0 Å². The van der Waals surface area contributed by atoms with Gasteiger partial charge >= 0.3 is 0 Å². The molecule has 0 unspecified atom stereocenters. The van der Waals surface area contributed by atoms with E-state index in [9.17, 15) is 5.11 Å². The second-order valence-corrected chi connectivity index (χ2v) is 6.65. The van der Waals surface area contributed by atoms with Gasteiger partial charge in [0.25, 0.3) is 0 Å². The van der Waals surface area contributed by atoms with Crippen LogP contribution in [-0.4, -0.2) is 10.1 Å². The molecule has 1 aromatic rings. The van der Waals surface area contributed by atoms with E-state index in [1.807, 2.05) is 18.2 Å². The van der Waals surface area contributed by atoms with Crippen molar-refractivity contribution in [3.8, 4) is 0 Å². The molecule has 2 bridgehead atoms. The Morgan fingerprint density at radius 1 is 1.29 bits per heavy atom. The van der Waals surface area contributed by atoms with Crippen LogP contribution in [-0.2, 0) is 5.60 Å². The molecular weight excluding hydrogens is 210 g/mol. The van der Waals surface area contributed by atoms with Crippen LogP contribution in [0.2, 0.25) is 0 Å². The Hall–Kier alpha value is -0.890. The average Bonchev–Trinajstić information content (AvgIpc) is 2.78. The molecule has 2 saturated carbocycles. The van der Waals surface area contributed by atoms with E-state index in [0.717, 1.165) is 18.5 Å². The van der Waals surface area contributed by atoms with E-state index in [0.29, 0.717) is 5.92 Å². The summed E-state index contributed by atoms with van der Waals surface area (Å²) in [6, 6.07) is 5.87. The molecule has 2 heteroatoms. The Labute approximate surface area is 103 Å². The lowest BCUT2D eigenvalue weighted by molar-refractivity contribution is -0.153. The molecule has 2 aliphatic carbocycles. The molecule has 0 saturated heterocycles. The minimum atomic E-state index is -0.774. The van der Waals surface area contributed by atoms with Gasteiger partial charge in [-0.25, -0.2) is 0 Å². The predicted octanol–water partition coefficient (Wildman–Crippen LogP) is 3.12. The second kappa shape index (κ2) is 3.11. The van der Waals surface area contributed by atoms with Crippen LogP contribution in [0.1, 0.15) is 45.7 Å². The summed E-state index contributed by atoms with van der Waals surface area (Å²) in [7, 11) is 0. The fraction of sp³-hybridized carbons (Fsp3) is 0.667. The zero-order valence-corrected chi connectivity index (χ0v) is 10.9. The lowest BCUT2D eigenvalue weighted by atomic mass is 9.59. The Morgan fingerprint density at radius 2 is 2.06 bits per heavy atom. The first-order chi connectivity index (χ1) is 7.92. The van der Waals surface area contributed by atoms with Gasteiger partial charge in [0.05, 0.1) is 5.69 Å². The molecule has 2 nitrogen and oxygen atoms in total. The summed E-state index contributed by atoms with van der Waals surface area (Å²) in [4.78, 5) is 4.44. The highest BCUT2D eigenvalue weighted by Gasteiger charge is 2.69. The smallest absolute Gasteiger partial charge is 0.117 e. The maximum Gasteiger partial charge on any atom is 0.117 e. The molecule has 2 aliphatic rings. The molecule has 0 aliphatic heterocycles. The van der Waals surface area contributed by atoms with E-state index in [4.69, 9.17) is 0 Å². The number of hydrogen-bond acceptors (Lipinski definition) is 2. The first kappa shape index (κ1) is 11.2. The van der Waals surface area contributed by atoms with Crippen molar-refractivity contribution in [2.75, 3.05) is 0 Å². The molecule has 1 heterocycles. The zero-order valence-electron chi connectivity index (χ0n) is 10.9. The summed E-state index contributed by atoms with van der Waals surface area (Å²) >= 11 is 0. The Morgan fingerprint density at radius 3 is 2.59 bits per heavy atom. The summed E-state index contributed by atoms with van der Waals surface area (Å²) in [5.41, 5.74) is 0.00308. The molecule has 0 aromatic carbocycles. The number of pyridine rings is 1. The lowest BCUT2D eigenvalue weighted by Gasteiger charge is -2.50. The SMILES string of the molecule is CC1(C)[C@H]2CC[C@](C)(C2)[C@]1(O)c1ccccn1. The molecule has 92 valence electrons. The molecule has 0 radical (unpaired) electrons. The number of nitrogens with zero attached hydrogens (tertiary/aromatic N) is 1. The van der Waals surface area contributed by atoms with Crippen molar-refractivity contribution < 1.29 is 5.11 Å². The van der Waals surface area contributed by atoms with Gasteiger partial charge in [0.2, 0.25) is 0 Å². The van der Waals surface area contributed by atoms with Crippen LogP contribution in [0, 0.1) is 16.7 Å². The van der Waals surface area contributed by atoms with Crippen LogP contribution >= 0.6 is 0 Å². The number of rotatable bonds is 1. The van der Waals surface area contributed by atoms with Gasteiger partial charge < -0.3 is 5.11 Å². The van der Waals surface area contributed by atoms with Gasteiger partial charge in [0.15, 0.2) is 0 Å². The lowest BCUT2D eigenvalue weighted by Crippen LogP contribution is -2.51. The number of aliphatic hydroxyl groups is 1.